The lowest BCUT2D eigenvalue weighted by Gasteiger charge is -2.28. The van der Waals surface area contributed by atoms with Gasteiger partial charge in [-0.1, -0.05) is 32.0 Å². The van der Waals surface area contributed by atoms with E-state index in [4.69, 9.17) is 4.74 Å². The standard InChI is InChI=1S/C19H26N2O2/c1-19(2,14-7-6-13(12-22)16(10-14)20-3)15-8-9-18(23-5)17(11-15)21-4/h6-11,20-22H,12H2,1-5H3. The van der Waals surface area contributed by atoms with Gasteiger partial charge in [0.1, 0.15) is 5.75 Å². The summed E-state index contributed by atoms with van der Waals surface area (Å²) >= 11 is 0. The summed E-state index contributed by atoms with van der Waals surface area (Å²) in [4.78, 5) is 0. The molecule has 0 aliphatic heterocycles. The van der Waals surface area contributed by atoms with E-state index in [0.717, 1.165) is 22.7 Å². The Morgan fingerprint density at radius 1 is 0.957 bits per heavy atom. The number of rotatable bonds is 6. The summed E-state index contributed by atoms with van der Waals surface area (Å²) in [6.07, 6.45) is 0. The maximum absolute atomic E-state index is 9.42. The number of hydrogen-bond donors (Lipinski definition) is 3. The molecule has 0 saturated carbocycles. The van der Waals surface area contributed by atoms with Crippen molar-refractivity contribution >= 4 is 11.4 Å². The van der Waals surface area contributed by atoms with Crippen molar-refractivity contribution < 1.29 is 9.84 Å². The zero-order chi connectivity index (χ0) is 17.0. The SMILES string of the molecule is CNc1cc(C(C)(C)c2ccc(OC)c(NC)c2)ccc1CO. The van der Waals surface area contributed by atoms with Gasteiger partial charge in [-0.2, -0.15) is 0 Å². The molecule has 124 valence electrons. The molecule has 0 spiro atoms. The highest BCUT2D eigenvalue weighted by Crippen LogP contribution is 2.37. The van der Waals surface area contributed by atoms with Gasteiger partial charge in [-0.15, -0.1) is 0 Å². The molecule has 2 aromatic carbocycles. The van der Waals surface area contributed by atoms with E-state index in [1.165, 1.54) is 11.1 Å². The Morgan fingerprint density at radius 3 is 2.04 bits per heavy atom. The van der Waals surface area contributed by atoms with Crippen LogP contribution in [0.5, 0.6) is 5.75 Å². The molecule has 0 bridgehead atoms. The van der Waals surface area contributed by atoms with Crippen molar-refractivity contribution in [1.29, 1.82) is 0 Å². The second-order valence-electron chi connectivity index (χ2n) is 6.07. The van der Waals surface area contributed by atoms with Crippen LogP contribution in [-0.2, 0) is 12.0 Å². The smallest absolute Gasteiger partial charge is 0.141 e. The van der Waals surface area contributed by atoms with Crippen LogP contribution in [0.1, 0.15) is 30.5 Å². The molecule has 0 unspecified atom stereocenters. The number of hydrogen-bond acceptors (Lipinski definition) is 4. The third-order valence-electron chi connectivity index (χ3n) is 4.46. The molecular formula is C19H26N2O2. The molecule has 0 fully saturated rings. The average Bonchev–Trinajstić information content (AvgIpc) is 2.60. The summed E-state index contributed by atoms with van der Waals surface area (Å²) in [5.74, 6) is 0.832. The fourth-order valence-corrected chi connectivity index (χ4v) is 2.79. The van der Waals surface area contributed by atoms with Crippen LogP contribution in [0.15, 0.2) is 36.4 Å². The summed E-state index contributed by atoms with van der Waals surface area (Å²) in [7, 11) is 5.44. The van der Waals surface area contributed by atoms with E-state index in [1.807, 2.05) is 26.2 Å². The molecule has 0 aliphatic rings. The molecule has 2 rings (SSSR count). The van der Waals surface area contributed by atoms with Crippen LogP contribution < -0.4 is 15.4 Å². The lowest BCUT2D eigenvalue weighted by Crippen LogP contribution is -2.19. The first-order valence-corrected chi connectivity index (χ1v) is 7.76. The van der Waals surface area contributed by atoms with Gasteiger partial charge in [-0.25, -0.2) is 0 Å². The van der Waals surface area contributed by atoms with Crippen LogP contribution in [0.25, 0.3) is 0 Å². The predicted octanol–water partition coefficient (Wildman–Crippen LogP) is 3.60. The van der Waals surface area contributed by atoms with Gasteiger partial charge in [0.2, 0.25) is 0 Å². The van der Waals surface area contributed by atoms with Crippen LogP contribution in [0.2, 0.25) is 0 Å². The summed E-state index contributed by atoms with van der Waals surface area (Å²) in [6.45, 7) is 4.42. The molecule has 4 nitrogen and oxygen atoms in total. The first kappa shape index (κ1) is 17.2. The number of benzene rings is 2. The van der Waals surface area contributed by atoms with E-state index >= 15 is 0 Å². The van der Waals surface area contributed by atoms with Crippen molar-refractivity contribution in [2.24, 2.45) is 0 Å². The number of anilines is 2. The van der Waals surface area contributed by atoms with Gasteiger partial charge >= 0.3 is 0 Å². The summed E-state index contributed by atoms with van der Waals surface area (Å²) in [5.41, 5.74) is 5.04. The largest absolute Gasteiger partial charge is 0.495 e. The van der Waals surface area contributed by atoms with Gasteiger partial charge in [-0.05, 0) is 29.3 Å². The molecular weight excluding hydrogens is 288 g/mol. The van der Waals surface area contributed by atoms with Gasteiger partial charge in [-0.3, -0.25) is 0 Å². The fraction of sp³-hybridized carbons (Fsp3) is 0.368. The van der Waals surface area contributed by atoms with E-state index < -0.39 is 0 Å². The summed E-state index contributed by atoms with van der Waals surface area (Å²) in [5, 5.41) is 15.8. The first-order valence-electron chi connectivity index (χ1n) is 7.76. The highest BCUT2D eigenvalue weighted by Gasteiger charge is 2.25. The van der Waals surface area contributed by atoms with Crippen molar-refractivity contribution in [2.45, 2.75) is 25.9 Å². The second kappa shape index (κ2) is 6.92. The van der Waals surface area contributed by atoms with Crippen LogP contribution in [0.4, 0.5) is 11.4 Å². The zero-order valence-electron chi connectivity index (χ0n) is 14.5. The minimum atomic E-state index is -0.169. The summed E-state index contributed by atoms with van der Waals surface area (Å²) < 4.78 is 5.38. The average molecular weight is 314 g/mol. The molecule has 0 aliphatic carbocycles. The molecule has 0 saturated heterocycles. The topological polar surface area (TPSA) is 53.5 Å². The van der Waals surface area contributed by atoms with Crippen molar-refractivity contribution in [3.8, 4) is 5.75 Å². The van der Waals surface area contributed by atoms with Crippen molar-refractivity contribution in [3.05, 3.63) is 53.1 Å². The third-order valence-corrected chi connectivity index (χ3v) is 4.46. The normalized spacial score (nSPS) is 11.2. The molecule has 4 heteroatoms. The lowest BCUT2D eigenvalue weighted by atomic mass is 9.77. The monoisotopic (exact) mass is 314 g/mol. The highest BCUT2D eigenvalue weighted by molar-refractivity contribution is 5.61. The lowest BCUT2D eigenvalue weighted by molar-refractivity contribution is 0.282. The molecule has 0 amide bonds. The van der Waals surface area contributed by atoms with Crippen LogP contribution in [0, 0.1) is 0 Å². The Bertz CT molecular complexity index is 624. The van der Waals surface area contributed by atoms with Crippen LogP contribution in [-0.4, -0.2) is 26.3 Å². The van der Waals surface area contributed by atoms with E-state index in [1.54, 1.807) is 7.11 Å². The van der Waals surface area contributed by atoms with E-state index in [2.05, 4.69) is 48.7 Å². The molecule has 0 heterocycles. The van der Waals surface area contributed by atoms with Gasteiger partial charge in [0.15, 0.2) is 0 Å². The number of aliphatic hydroxyl groups is 1. The number of nitrogens with one attached hydrogen (secondary N) is 2. The minimum Gasteiger partial charge on any atom is -0.495 e. The van der Waals surface area contributed by atoms with E-state index in [9.17, 15) is 5.11 Å². The fourth-order valence-electron chi connectivity index (χ4n) is 2.79. The quantitative estimate of drug-likeness (QED) is 0.762. The molecule has 23 heavy (non-hydrogen) atoms. The first-order chi connectivity index (χ1) is 11.0. The van der Waals surface area contributed by atoms with E-state index in [0.29, 0.717) is 0 Å². The maximum Gasteiger partial charge on any atom is 0.141 e. The van der Waals surface area contributed by atoms with Gasteiger partial charge in [0.25, 0.3) is 0 Å². The van der Waals surface area contributed by atoms with E-state index in [-0.39, 0.29) is 12.0 Å². The van der Waals surface area contributed by atoms with Gasteiger partial charge in [0, 0.05) is 30.8 Å². The Balaban J connectivity index is 2.49. The minimum absolute atomic E-state index is 0.0311. The molecule has 3 N–H and O–H groups in total. The molecule has 0 atom stereocenters. The molecule has 2 aromatic rings. The number of aliphatic hydroxyl groups excluding tert-OH is 1. The third kappa shape index (κ3) is 3.27. The van der Waals surface area contributed by atoms with Crippen LogP contribution >= 0.6 is 0 Å². The Kier molecular flexibility index (Phi) is 5.16. The second-order valence-corrected chi connectivity index (χ2v) is 6.07. The van der Waals surface area contributed by atoms with Gasteiger partial charge in [0.05, 0.1) is 19.4 Å². The summed E-state index contributed by atoms with van der Waals surface area (Å²) in [6, 6.07) is 12.4. The Hall–Kier alpha value is -2.20. The van der Waals surface area contributed by atoms with Crippen molar-refractivity contribution in [3.63, 3.8) is 0 Å². The Morgan fingerprint density at radius 2 is 1.52 bits per heavy atom. The Labute approximate surface area is 138 Å². The number of methoxy groups -OCH3 is 1. The molecule has 0 radical (unpaired) electrons. The maximum atomic E-state index is 9.42. The van der Waals surface area contributed by atoms with Gasteiger partial charge < -0.3 is 20.5 Å². The number of ether oxygens (including phenoxy) is 1. The van der Waals surface area contributed by atoms with Crippen molar-refractivity contribution in [1.82, 2.24) is 0 Å². The molecule has 0 aromatic heterocycles. The predicted molar refractivity (Wildman–Crippen MR) is 96.6 cm³/mol. The van der Waals surface area contributed by atoms with Crippen LogP contribution in [0.3, 0.4) is 0 Å². The zero-order valence-corrected chi connectivity index (χ0v) is 14.5. The van der Waals surface area contributed by atoms with Crippen molar-refractivity contribution in [2.75, 3.05) is 31.8 Å². The highest BCUT2D eigenvalue weighted by atomic mass is 16.5.